The minimum Gasteiger partial charge on any atom is -0.383 e. The highest BCUT2D eigenvalue weighted by atomic mass is 35.5. The van der Waals surface area contributed by atoms with Gasteiger partial charge in [-0.05, 0) is 18.6 Å². The summed E-state index contributed by atoms with van der Waals surface area (Å²) >= 11 is 5.88. The van der Waals surface area contributed by atoms with Gasteiger partial charge in [-0.2, -0.15) is 5.10 Å². The van der Waals surface area contributed by atoms with Gasteiger partial charge in [0.1, 0.15) is 5.82 Å². The fourth-order valence-corrected chi connectivity index (χ4v) is 1.70. The molecule has 0 unspecified atom stereocenters. The van der Waals surface area contributed by atoms with E-state index < -0.39 is 0 Å². The topological polar surface area (TPSA) is 56.7 Å². The number of nitrogens with two attached hydrogens (primary N) is 1. The number of halogens is 1. The smallest absolute Gasteiger partial charge is 0.126 e. The highest BCUT2D eigenvalue weighted by Crippen LogP contribution is 2.18. The molecule has 0 amide bonds. The number of anilines is 1. The van der Waals surface area contributed by atoms with E-state index in [1.165, 1.54) is 0 Å². The molecule has 2 aromatic rings. The molecule has 84 valence electrons. The van der Waals surface area contributed by atoms with Gasteiger partial charge in [0.05, 0.1) is 11.2 Å². The van der Waals surface area contributed by atoms with Gasteiger partial charge >= 0.3 is 0 Å². The normalized spacial score (nSPS) is 10.6. The average Bonchev–Trinajstić information content (AvgIpc) is 2.71. The molecule has 0 fully saturated rings. The van der Waals surface area contributed by atoms with E-state index in [9.17, 15) is 0 Å². The van der Waals surface area contributed by atoms with Crippen molar-refractivity contribution < 1.29 is 0 Å². The maximum absolute atomic E-state index is 5.88. The lowest BCUT2D eigenvalue weighted by atomic mass is 10.1. The number of aryl methyl sites for hydroxylation is 1. The predicted octanol–water partition coefficient (Wildman–Crippen LogP) is 2.12. The van der Waals surface area contributed by atoms with Crippen LogP contribution in [0.4, 0.5) is 5.82 Å². The van der Waals surface area contributed by atoms with Crippen LogP contribution in [-0.2, 0) is 13.0 Å². The standard InChI is InChI=1S/C11H13ClN4/c1-2-16-7-8(5-15-16)3-9-4-10(12)6-14-11(9)13/h4-7H,2-3H2,1H3,(H2,13,14). The molecule has 0 aromatic carbocycles. The highest BCUT2D eigenvalue weighted by Gasteiger charge is 2.05. The van der Waals surface area contributed by atoms with Gasteiger partial charge in [0.15, 0.2) is 0 Å². The van der Waals surface area contributed by atoms with Crippen LogP contribution in [0, 0.1) is 0 Å². The highest BCUT2D eigenvalue weighted by molar-refractivity contribution is 6.30. The third-order valence-corrected chi connectivity index (χ3v) is 2.58. The van der Waals surface area contributed by atoms with Gasteiger partial charge in [0.25, 0.3) is 0 Å². The third-order valence-electron chi connectivity index (χ3n) is 2.37. The Morgan fingerprint density at radius 1 is 1.44 bits per heavy atom. The van der Waals surface area contributed by atoms with Crippen molar-refractivity contribution in [1.29, 1.82) is 0 Å². The van der Waals surface area contributed by atoms with Crippen LogP contribution in [0.1, 0.15) is 18.1 Å². The first-order chi connectivity index (χ1) is 7.69. The summed E-state index contributed by atoms with van der Waals surface area (Å²) in [5, 5.41) is 4.81. The monoisotopic (exact) mass is 236 g/mol. The van der Waals surface area contributed by atoms with Gasteiger partial charge < -0.3 is 5.73 Å². The minimum absolute atomic E-state index is 0.522. The number of aromatic nitrogens is 3. The van der Waals surface area contributed by atoms with Crippen molar-refractivity contribution >= 4 is 17.4 Å². The number of hydrogen-bond acceptors (Lipinski definition) is 3. The maximum Gasteiger partial charge on any atom is 0.126 e. The van der Waals surface area contributed by atoms with Gasteiger partial charge in [0.2, 0.25) is 0 Å². The van der Waals surface area contributed by atoms with Gasteiger partial charge in [-0.1, -0.05) is 11.6 Å². The molecular weight excluding hydrogens is 224 g/mol. The van der Waals surface area contributed by atoms with E-state index in [4.69, 9.17) is 17.3 Å². The Balaban J connectivity index is 2.22. The fraction of sp³-hybridized carbons (Fsp3) is 0.273. The van der Waals surface area contributed by atoms with E-state index in [2.05, 4.69) is 10.1 Å². The van der Waals surface area contributed by atoms with Crippen molar-refractivity contribution in [2.45, 2.75) is 19.9 Å². The summed E-state index contributed by atoms with van der Waals surface area (Å²) in [6, 6.07) is 1.84. The summed E-state index contributed by atoms with van der Waals surface area (Å²) in [5.41, 5.74) is 7.82. The second kappa shape index (κ2) is 4.53. The molecule has 16 heavy (non-hydrogen) atoms. The molecule has 0 atom stereocenters. The Bertz CT molecular complexity index is 492. The number of nitrogens with zero attached hydrogens (tertiary/aromatic N) is 3. The lowest BCUT2D eigenvalue weighted by molar-refractivity contribution is 0.659. The van der Waals surface area contributed by atoms with Crippen LogP contribution in [0.15, 0.2) is 24.7 Å². The summed E-state index contributed by atoms with van der Waals surface area (Å²) in [4.78, 5) is 4.02. The van der Waals surface area contributed by atoms with Gasteiger partial charge in [-0.3, -0.25) is 4.68 Å². The SMILES string of the molecule is CCn1cc(Cc2cc(Cl)cnc2N)cn1. The molecule has 4 nitrogen and oxygen atoms in total. The molecule has 0 radical (unpaired) electrons. The van der Waals surface area contributed by atoms with E-state index >= 15 is 0 Å². The molecule has 0 saturated carbocycles. The van der Waals surface area contributed by atoms with Crippen molar-refractivity contribution in [1.82, 2.24) is 14.8 Å². The van der Waals surface area contributed by atoms with E-state index in [1.54, 1.807) is 6.20 Å². The van der Waals surface area contributed by atoms with Crippen molar-refractivity contribution in [3.63, 3.8) is 0 Å². The summed E-state index contributed by atoms with van der Waals surface area (Å²) in [6.07, 6.45) is 6.10. The van der Waals surface area contributed by atoms with E-state index in [0.717, 1.165) is 17.7 Å². The predicted molar refractivity (Wildman–Crippen MR) is 64.4 cm³/mol. The van der Waals surface area contributed by atoms with Crippen LogP contribution < -0.4 is 5.73 Å². The summed E-state index contributed by atoms with van der Waals surface area (Å²) < 4.78 is 1.88. The van der Waals surface area contributed by atoms with Crippen LogP contribution in [0.3, 0.4) is 0 Å². The van der Waals surface area contributed by atoms with Crippen molar-refractivity contribution in [3.8, 4) is 0 Å². The van der Waals surface area contributed by atoms with Crippen LogP contribution in [0.2, 0.25) is 5.02 Å². The van der Waals surface area contributed by atoms with Crippen LogP contribution >= 0.6 is 11.6 Å². The first kappa shape index (κ1) is 11.0. The molecule has 5 heteroatoms. The first-order valence-corrected chi connectivity index (χ1v) is 5.48. The Morgan fingerprint density at radius 2 is 2.25 bits per heavy atom. The number of hydrogen-bond donors (Lipinski definition) is 1. The first-order valence-electron chi connectivity index (χ1n) is 5.10. The molecule has 2 heterocycles. The summed E-state index contributed by atoms with van der Waals surface area (Å²) in [6.45, 7) is 2.91. The molecule has 0 bridgehead atoms. The average molecular weight is 237 g/mol. The van der Waals surface area contributed by atoms with Crippen LogP contribution in [-0.4, -0.2) is 14.8 Å². The zero-order valence-corrected chi connectivity index (χ0v) is 9.78. The third kappa shape index (κ3) is 2.33. The number of pyridine rings is 1. The molecular formula is C11H13ClN4. The summed E-state index contributed by atoms with van der Waals surface area (Å²) in [5.74, 6) is 0.522. The quantitative estimate of drug-likeness (QED) is 0.888. The second-order valence-electron chi connectivity index (χ2n) is 3.58. The van der Waals surface area contributed by atoms with E-state index in [0.29, 0.717) is 17.3 Å². The molecule has 0 aliphatic heterocycles. The van der Waals surface area contributed by atoms with Gasteiger partial charge in [0, 0.05) is 30.9 Å². The lowest BCUT2D eigenvalue weighted by Crippen LogP contribution is -1.98. The van der Waals surface area contributed by atoms with E-state index in [-0.39, 0.29) is 0 Å². The Kier molecular flexibility index (Phi) is 3.10. The Hall–Kier alpha value is -1.55. The molecule has 0 spiro atoms. The van der Waals surface area contributed by atoms with Gasteiger partial charge in [-0.25, -0.2) is 4.98 Å². The number of rotatable bonds is 3. The fourth-order valence-electron chi connectivity index (χ4n) is 1.52. The van der Waals surface area contributed by atoms with Crippen molar-refractivity contribution in [2.24, 2.45) is 0 Å². The molecule has 0 saturated heterocycles. The lowest BCUT2D eigenvalue weighted by Gasteiger charge is -2.03. The molecule has 2 rings (SSSR count). The second-order valence-corrected chi connectivity index (χ2v) is 4.02. The summed E-state index contributed by atoms with van der Waals surface area (Å²) in [7, 11) is 0. The van der Waals surface area contributed by atoms with Crippen molar-refractivity contribution in [2.75, 3.05) is 5.73 Å². The van der Waals surface area contributed by atoms with Crippen molar-refractivity contribution in [3.05, 3.63) is 40.8 Å². The van der Waals surface area contributed by atoms with Crippen LogP contribution in [0.5, 0.6) is 0 Å². The molecule has 2 N–H and O–H groups in total. The zero-order chi connectivity index (χ0) is 11.5. The zero-order valence-electron chi connectivity index (χ0n) is 9.02. The van der Waals surface area contributed by atoms with Gasteiger partial charge in [-0.15, -0.1) is 0 Å². The Morgan fingerprint density at radius 3 is 2.94 bits per heavy atom. The largest absolute Gasteiger partial charge is 0.383 e. The number of nitrogen functional groups attached to an aromatic ring is 1. The molecule has 0 aliphatic rings. The van der Waals surface area contributed by atoms with E-state index in [1.807, 2.05) is 30.1 Å². The molecule has 0 aliphatic carbocycles. The molecule has 2 aromatic heterocycles. The minimum atomic E-state index is 0.522. The maximum atomic E-state index is 5.88. The Labute approximate surface area is 99.1 Å². The van der Waals surface area contributed by atoms with Crippen LogP contribution in [0.25, 0.3) is 0 Å².